The van der Waals surface area contributed by atoms with Crippen molar-refractivity contribution in [3.8, 4) is 0 Å². The van der Waals surface area contributed by atoms with Crippen LogP contribution in [-0.4, -0.2) is 25.3 Å². The van der Waals surface area contributed by atoms with Crippen LogP contribution >= 0.6 is 0 Å². The predicted molar refractivity (Wildman–Crippen MR) is 81.7 cm³/mol. The highest BCUT2D eigenvalue weighted by atomic mass is 16.5. The Morgan fingerprint density at radius 1 is 1.23 bits per heavy atom. The van der Waals surface area contributed by atoms with Gasteiger partial charge in [0.05, 0.1) is 12.7 Å². The van der Waals surface area contributed by atoms with Crippen molar-refractivity contribution in [3.63, 3.8) is 0 Å². The monoisotopic (exact) mass is 299 g/mol. The summed E-state index contributed by atoms with van der Waals surface area (Å²) in [5.41, 5.74) is 1.10. The van der Waals surface area contributed by atoms with Crippen molar-refractivity contribution in [2.24, 2.45) is 0 Å². The summed E-state index contributed by atoms with van der Waals surface area (Å²) in [5.74, 6) is 2.64. The second-order valence-electron chi connectivity index (χ2n) is 4.75. The Morgan fingerprint density at radius 3 is 3.00 bits per heavy atom. The maximum absolute atomic E-state index is 5.01. The fourth-order valence-corrected chi connectivity index (χ4v) is 1.97. The number of aromatic nitrogens is 5. The van der Waals surface area contributed by atoms with E-state index < -0.39 is 0 Å². The molecule has 0 saturated carbocycles. The largest absolute Gasteiger partial charge is 0.360 e. The topological polar surface area (TPSA) is 105 Å². The van der Waals surface area contributed by atoms with Crippen LogP contribution in [0, 0.1) is 0 Å². The van der Waals surface area contributed by atoms with Crippen LogP contribution in [-0.2, 0) is 13.0 Å². The van der Waals surface area contributed by atoms with E-state index in [1.807, 2.05) is 6.07 Å². The average molecular weight is 299 g/mol. The van der Waals surface area contributed by atoms with E-state index in [1.54, 1.807) is 24.5 Å². The van der Waals surface area contributed by atoms with E-state index in [9.17, 15) is 0 Å². The van der Waals surface area contributed by atoms with Crippen molar-refractivity contribution < 1.29 is 4.52 Å². The maximum Gasteiger partial charge on any atom is 0.224 e. The summed E-state index contributed by atoms with van der Waals surface area (Å²) in [7, 11) is 0. The van der Waals surface area contributed by atoms with Crippen LogP contribution in [0.25, 0.3) is 0 Å². The molecule has 3 rings (SSSR count). The van der Waals surface area contributed by atoms with E-state index in [0.717, 1.165) is 30.1 Å². The molecule has 0 bridgehead atoms. The van der Waals surface area contributed by atoms with Crippen LogP contribution in [0.4, 0.5) is 17.6 Å². The molecule has 114 valence electrons. The first-order valence-corrected chi connectivity index (χ1v) is 7.11. The highest BCUT2D eigenvalue weighted by Gasteiger charge is 2.04. The molecule has 0 amide bonds. The molecule has 8 nitrogen and oxygen atoms in total. The molecule has 0 fully saturated rings. The Bertz CT molecular complexity index is 708. The van der Waals surface area contributed by atoms with Gasteiger partial charge in [0.25, 0.3) is 0 Å². The van der Waals surface area contributed by atoms with E-state index in [1.165, 1.54) is 0 Å². The summed E-state index contributed by atoms with van der Waals surface area (Å²) >= 11 is 0. The minimum Gasteiger partial charge on any atom is -0.360 e. The second-order valence-corrected chi connectivity index (χ2v) is 4.75. The zero-order chi connectivity index (χ0) is 15.2. The number of aryl methyl sites for hydroxylation is 1. The van der Waals surface area contributed by atoms with E-state index >= 15 is 0 Å². The SMILES string of the molecule is CCCc1cc(Nc2ccnc(NCc3ccno3)n2)n[nH]1. The highest BCUT2D eigenvalue weighted by Crippen LogP contribution is 2.14. The molecule has 3 N–H and O–H groups in total. The molecule has 0 unspecified atom stereocenters. The molecule has 0 aliphatic heterocycles. The molecule has 3 aromatic rings. The van der Waals surface area contributed by atoms with Crippen LogP contribution in [0.1, 0.15) is 24.8 Å². The lowest BCUT2D eigenvalue weighted by Gasteiger charge is -2.05. The van der Waals surface area contributed by atoms with Gasteiger partial charge in [-0.25, -0.2) is 4.98 Å². The van der Waals surface area contributed by atoms with Crippen molar-refractivity contribution in [3.05, 3.63) is 42.0 Å². The number of hydrogen-bond donors (Lipinski definition) is 3. The van der Waals surface area contributed by atoms with Gasteiger partial charge in [-0.1, -0.05) is 18.5 Å². The second kappa shape index (κ2) is 6.70. The Morgan fingerprint density at radius 2 is 2.18 bits per heavy atom. The van der Waals surface area contributed by atoms with Crippen LogP contribution in [0.3, 0.4) is 0 Å². The minimum absolute atomic E-state index is 0.479. The molecule has 3 heterocycles. The standard InChI is InChI=1S/C14H17N7O/c1-2-3-10-8-13(21-20-10)18-12-5-6-15-14(19-12)16-9-11-4-7-17-22-11/h4-8H,2-3,9H2,1H3,(H3,15,16,18,19,20,21). The third-order valence-electron chi connectivity index (χ3n) is 2.97. The Kier molecular flexibility index (Phi) is 4.28. The first kappa shape index (κ1) is 14.1. The normalized spacial score (nSPS) is 10.6. The van der Waals surface area contributed by atoms with Crippen LogP contribution < -0.4 is 10.6 Å². The Balaban J connectivity index is 1.62. The van der Waals surface area contributed by atoms with Crippen molar-refractivity contribution in [1.82, 2.24) is 25.3 Å². The van der Waals surface area contributed by atoms with E-state index in [0.29, 0.717) is 18.3 Å². The van der Waals surface area contributed by atoms with Gasteiger partial charge < -0.3 is 15.2 Å². The lowest BCUT2D eigenvalue weighted by molar-refractivity contribution is 0.388. The first-order chi connectivity index (χ1) is 10.8. The summed E-state index contributed by atoms with van der Waals surface area (Å²) in [6.45, 7) is 2.61. The molecule has 0 aromatic carbocycles. The molecule has 3 aromatic heterocycles. The smallest absolute Gasteiger partial charge is 0.224 e. The zero-order valence-electron chi connectivity index (χ0n) is 12.2. The van der Waals surface area contributed by atoms with Gasteiger partial charge in [0.2, 0.25) is 5.95 Å². The highest BCUT2D eigenvalue weighted by molar-refractivity contribution is 5.52. The summed E-state index contributed by atoms with van der Waals surface area (Å²) in [4.78, 5) is 8.54. The molecular formula is C14H17N7O. The molecular weight excluding hydrogens is 282 g/mol. The number of aromatic amines is 1. The van der Waals surface area contributed by atoms with Crippen LogP contribution in [0.2, 0.25) is 0 Å². The summed E-state index contributed by atoms with van der Waals surface area (Å²) in [5, 5.41) is 17.1. The maximum atomic E-state index is 5.01. The average Bonchev–Trinajstić information content (AvgIpc) is 3.18. The van der Waals surface area contributed by atoms with Gasteiger partial charge in [-0.05, 0) is 12.5 Å². The number of hydrogen-bond acceptors (Lipinski definition) is 7. The fraction of sp³-hybridized carbons (Fsp3) is 0.286. The number of H-pyrrole nitrogens is 1. The number of anilines is 3. The van der Waals surface area contributed by atoms with Crippen molar-refractivity contribution in [1.29, 1.82) is 0 Å². The fourth-order valence-electron chi connectivity index (χ4n) is 1.97. The van der Waals surface area contributed by atoms with Crippen molar-refractivity contribution >= 4 is 17.6 Å². The van der Waals surface area contributed by atoms with Gasteiger partial charge in [-0.15, -0.1) is 0 Å². The number of rotatable bonds is 7. The number of nitrogens with one attached hydrogen (secondary N) is 3. The van der Waals surface area contributed by atoms with Gasteiger partial charge in [0.15, 0.2) is 11.6 Å². The summed E-state index contributed by atoms with van der Waals surface area (Å²) < 4.78 is 5.01. The molecule has 0 spiro atoms. The molecule has 0 aliphatic carbocycles. The molecule has 0 aliphatic rings. The van der Waals surface area contributed by atoms with Gasteiger partial charge in [0, 0.05) is 24.0 Å². The van der Waals surface area contributed by atoms with Gasteiger partial charge in [0.1, 0.15) is 5.82 Å². The lowest BCUT2D eigenvalue weighted by atomic mass is 10.2. The first-order valence-electron chi connectivity index (χ1n) is 7.11. The van der Waals surface area contributed by atoms with E-state index in [-0.39, 0.29) is 0 Å². The molecule has 0 saturated heterocycles. The quantitative estimate of drug-likeness (QED) is 0.615. The third kappa shape index (κ3) is 3.60. The minimum atomic E-state index is 0.479. The summed E-state index contributed by atoms with van der Waals surface area (Å²) in [6.07, 6.45) is 5.33. The van der Waals surface area contributed by atoms with Crippen LogP contribution in [0.5, 0.6) is 0 Å². The van der Waals surface area contributed by atoms with Gasteiger partial charge in [-0.2, -0.15) is 10.1 Å². The number of nitrogens with zero attached hydrogens (tertiary/aromatic N) is 4. The van der Waals surface area contributed by atoms with E-state index in [2.05, 4.69) is 42.9 Å². The molecule has 0 atom stereocenters. The van der Waals surface area contributed by atoms with Gasteiger partial charge >= 0.3 is 0 Å². The van der Waals surface area contributed by atoms with E-state index in [4.69, 9.17) is 4.52 Å². The molecule has 22 heavy (non-hydrogen) atoms. The zero-order valence-corrected chi connectivity index (χ0v) is 12.2. The lowest BCUT2D eigenvalue weighted by Crippen LogP contribution is -2.04. The van der Waals surface area contributed by atoms with Gasteiger partial charge in [-0.3, -0.25) is 5.10 Å². The molecule has 0 radical (unpaired) electrons. The van der Waals surface area contributed by atoms with Crippen LogP contribution in [0.15, 0.2) is 35.1 Å². The Hall–Kier alpha value is -2.90. The third-order valence-corrected chi connectivity index (χ3v) is 2.97. The van der Waals surface area contributed by atoms with Crippen molar-refractivity contribution in [2.75, 3.05) is 10.6 Å². The molecule has 8 heteroatoms. The van der Waals surface area contributed by atoms with Crippen molar-refractivity contribution in [2.45, 2.75) is 26.3 Å². The predicted octanol–water partition coefficient (Wildman–Crippen LogP) is 2.50. The Labute approximate surface area is 127 Å². The summed E-state index contributed by atoms with van der Waals surface area (Å²) in [6, 6.07) is 5.55.